The summed E-state index contributed by atoms with van der Waals surface area (Å²) >= 11 is 1.88. The van der Waals surface area contributed by atoms with Gasteiger partial charge in [-0.3, -0.25) is 9.89 Å². The molecule has 1 saturated heterocycles. The Kier molecular flexibility index (Phi) is 9.87. The molecule has 6 heteroatoms. The highest BCUT2D eigenvalue weighted by molar-refractivity contribution is 7.98. The molecule has 0 saturated carbocycles. The number of aliphatic imine (C=N–C) groups is 1. The van der Waals surface area contributed by atoms with Crippen LogP contribution in [0.5, 0.6) is 0 Å². The Bertz CT molecular complexity index is 299. The molecule has 0 aliphatic carbocycles. The third-order valence-corrected chi connectivity index (χ3v) is 4.08. The monoisotopic (exact) mass is 316 g/mol. The van der Waals surface area contributed by atoms with Gasteiger partial charge < -0.3 is 15.4 Å². The highest BCUT2D eigenvalue weighted by atomic mass is 32.2. The predicted octanol–water partition coefficient (Wildman–Crippen LogP) is 1.26. The van der Waals surface area contributed by atoms with Crippen molar-refractivity contribution in [1.29, 1.82) is 0 Å². The number of morpholine rings is 1. The van der Waals surface area contributed by atoms with Crippen molar-refractivity contribution >= 4 is 17.7 Å². The van der Waals surface area contributed by atoms with Crippen LogP contribution in [0.25, 0.3) is 0 Å². The van der Waals surface area contributed by atoms with Crippen molar-refractivity contribution < 1.29 is 4.74 Å². The molecule has 0 aromatic heterocycles. The summed E-state index contributed by atoms with van der Waals surface area (Å²) in [5, 5.41) is 6.71. The van der Waals surface area contributed by atoms with E-state index in [9.17, 15) is 0 Å². The molecule has 2 N–H and O–H groups in total. The van der Waals surface area contributed by atoms with Gasteiger partial charge in [0.1, 0.15) is 0 Å². The Labute approximate surface area is 134 Å². The lowest BCUT2D eigenvalue weighted by atomic mass is 10.2. The topological polar surface area (TPSA) is 48.9 Å². The first-order valence-electron chi connectivity index (χ1n) is 7.93. The van der Waals surface area contributed by atoms with Crippen LogP contribution >= 0.6 is 11.8 Å². The molecule has 21 heavy (non-hydrogen) atoms. The zero-order valence-corrected chi connectivity index (χ0v) is 14.8. The molecule has 1 atom stereocenters. The van der Waals surface area contributed by atoms with Crippen LogP contribution in [-0.2, 0) is 4.74 Å². The molecule has 1 heterocycles. The van der Waals surface area contributed by atoms with Crippen LogP contribution in [-0.4, -0.2) is 75.4 Å². The average Bonchev–Trinajstić information content (AvgIpc) is 2.46. The van der Waals surface area contributed by atoms with Crippen LogP contribution in [0.1, 0.15) is 20.3 Å². The third kappa shape index (κ3) is 8.53. The number of hydrogen-bond donors (Lipinski definition) is 2. The smallest absolute Gasteiger partial charge is 0.191 e. The van der Waals surface area contributed by atoms with Gasteiger partial charge in [0.05, 0.1) is 12.7 Å². The number of thioether (sulfide) groups is 1. The first-order chi connectivity index (χ1) is 10.2. The van der Waals surface area contributed by atoms with Gasteiger partial charge in [0, 0.05) is 39.8 Å². The van der Waals surface area contributed by atoms with Crippen LogP contribution in [0.3, 0.4) is 0 Å². The number of nitrogens with one attached hydrogen (secondary N) is 2. The minimum atomic E-state index is 0.252. The number of guanidine groups is 1. The normalized spacial score (nSPS) is 20.8. The van der Waals surface area contributed by atoms with E-state index in [2.05, 4.69) is 40.6 Å². The summed E-state index contributed by atoms with van der Waals surface area (Å²) in [6.45, 7) is 10.4. The lowest BCUT2D eigenvalue weighted by molar-refractivity contribution is -0.0284. The molecule has 0 aromatic carbocycles. The molecule has 1 rings (SSSR count). The zero-order chi connectivity index (χ0) is 15.5. The Morgan fingerprint density at radius 2 is 2.24 bits per heavy atom. The number of hydrogen-bond acceptors (Lipinski definition) is 4. The first-order valence-corrected chi connectivity index (χ1v) is 9.32. The first kappa shape index (κ1) is 18.6. The number of rotatable bonds is 8. The minimum absolute atomic E-state index is 0.252. The van der Waals surface area contributed by atoms with E-state index in [0.29, 0.717) is 5.92 Å². The minimum Gasteiger partial charge on any atom is -0.374 e. The van der Waals surface area contributed by atoms with Gasteiger partial charge in [0.25, 0.3) is 0 Å². The van der Waals surface area contributed by atoms with Crippen LogP contribution in [0, 0.1) is 5.92 Å². The van der Waals surface area contributed by atoms with Crippen molar-refractivity contribution in [2.24, 2.45) is 10.9 Å². The summed E-state index contributed by atoms with van der Waals surface area (Å²) in [4.78, 5) is 6.75. The quantitative estimate of drug-likeness (QED) is 0.401. The van der Waals surface area contributed by atoms with Gasteiger partial charge in [-0.15, -0.1) is 0 Å². The molecule has 1 fully saturated rings. The maximum absolute atomic E-state index is 5.84. The van der Waals surface area contributed by atoms with Crippen molar-refractivity contribution in [2.45, 2.75) is 26.4 Å². The summed E-state index contributed by atoms with van der Waals surface area (Å²) in [7, 11) is 1.82. The van der Waals surface area contributed by atoms with E-state index < -0.39 is 0 Å². The molecule has 0 amide bonds. The molecule has 124 valence electrons. The van der Waals surface area contributed by atoms with Gasteiger partial charge in [0.15, 0.2) is 5.96 Å². The highest BCUT2D eigenvalue weighted by Gasteiger charge is 2.20. The molecule has 0 aromatic rings. The highest BCUT2D eigenvalue weighted by Crippen LogP contribution is 2.07. The summed E-state index contributed by atoms with van der Waals surface area (Å²) in [6, 6.07) is 0. The summed E-state index contributed by atoms with van der Waals surface area (Å²) < 4.78 is 5.84. The van der Waals surface area contributed by atoms with Gasteiger partial charge in [-0.25, -0.2) is 0 Å². The predicted molar refractivity (Wildman–Crippen MR) is 93.4 cm³/mol. The van der Waals surface area contributed by atoms with Crippen molar-refractivity contribution in [1.82, 2.24) is 15.5 Å². The molecule has 0 spiro atoms. The summed E-state index contributed by atoms with van der Waals surface area (Å²) in [5.41, 5.74) is 0. The van der Waals surface area contributed by atoms with E-state index in [1.165, 1.54) is 5.75 Å². The fourth-order valence-electron chi connectivity index (χ4n) is 2.44. The van der Waals surface area contributed by atoms with Gasteiger partial charge >= 0.3 is 0 Å². The Balaban J connectivity index is 2.22. The van der Waals surface area contributed by atoms with E-state index in [4.69, 9.17) is 4.74 Å². The van der Waals surface area contributed by atoms with Gasteiger partial charge in [-0.2, -0.15) is 11.8 Å². The molecule has 5 nitrogen and oxygen atoms in total. The molecule has 0 radical (unpaired) electrons. The van der Waals surface area contributed by atoms with Gasteiger partial charge in [0.2, 0.25) is 0 Å². The third-order valence-electron chi connectivity index (χ3n) is 3.38. The molecular weight excluding hydrogens is 284 g/mol. The maximum atomic E-state index is 5.84. The van der Waals surface area contributed by atoms with Crippen LogP contribution in [0.15, 0.2) is 4.99 Å². The number of nitrogens with zero attached hydrogens (tertiary/aromatic N) is 2. The Hall–Kier alpha value is -0.460. The molecule has 0 bridgehead atoms. The van der Waals surface area contributed by atoms with E-state index in [1.807, 2.05) is 18.8 Å². The standard InChI is InChI=1S/C15H32N4OS/c1-13(2)11-19-7-8-20-14(12-19)10-18-15(16-3)17-6-5-9-21-4/h13-14H,5-12H2,1-4H3,(H2,16,17,18). The van der Waals surface area contributed by atoms with Crippen LogP contribution in [0.4, 0.5) is 0 Å². The van der Waals surface area contributed by atoms with E-state index >= 15 is 0 Å². The van der Waals surface area contributed by atoms with Crippen LogP contribution < -0.4 is 10.6 Å². The lowest BCUT2D eigenvalue weighted by Crippen LogP contribution is -2.50. The summed E-state index contributed by atoms with van der Waals surface area (Å²) in [6.07, 6.45) is 3.54. The maximum Gasteiger partial charge on any atom is 0.191 e. The van der Waals surface area contributed by atoms with Crippen molar-refractivity contribution in [3.05, 3.63) is 0 Å². The second kappa shape index (κ2) is 11.2. The van der Waals surface area contributed by atoms with E-state index in [1.54, 1.807) is 0 Å². The van der Waals surface area contributed by atoms with Crippen LogP contribution in [0.2, 0.25) is 0 Å². The molecule has 1 aliphatic rings. The average molecular weight is 317 g/mol. The largest absolute Gasteiger partial charge is 0.374 e. The SMILES string of the molecule is CN=C(NCCCSC)NCC1CN(CC(C)C)CCO1. The molecule has 1 aliphatic heterocycles. The number of ether oxygens (including phenoxy) is 1. The second-order valence-electron chi connectivity index (χ2n) is 5.87. The van der Waals surface area contributed by atoms with Crippen molar-refractivity contribution in [3.8, 4) is 0 Å². The fraction of sp³-hybridized carbons (Fsp3) is 0.933. The second-order valence-corrected chi connectivity index (χ2v) is 6.86. The Morgan fingerprint density at radius 1 is 1.43 bits per heavy atom. The van der Waals surface area contributed by atoms with Crippen molar-refractivity contribution in [2.75, 3.05) is 58.4 Å². The summed E-state index contributed by atoms with van der Waals surface area (Å²) in [5.74, 6) is 2.77. The fourth-order valence-corrected chi connectivity index (χ4v) is 2.87. The van der Waals surface area contributed by atoms with Gasteiger partial charge in [-0.05, 0) is 24.3 Å². The van der Waals surface area contributed by atoms with Gasteiger partial charge in [-0.1, -0.05) is 13.8 Å². The van der Waals surface area contributed by atoms with E-state index in [0.717, 1.165) is 51.7 Å². The zero-order valence-electron chi connectivity index (χ0n) is 14.0. The molecular formula is C15H32N4OS. The van der Waals surface area contributed by atoms with E-state index in [-0.39, 0.29) is 6.10 Å². The van der Waals surface area contributed by atoms with Crippen molar-refractivity contribution in [3.63, 3.8) is 0 Å². The molecule has 1 unspecified atom stereocenters. The Morgan fingerprint density at radius 3 is 2.90 bits per heavy atom. The lowest BCUT2D eigenvalue weighted by Gasteiger charge is -2.34.